The molecule has 0 spiro atoms. The van der Waals surface area contributed by atoms with Crippen LogP contribution in [0, 0.1) is 27.7 Å². The highest BCUT2D eigenvalue weighted by Crippen LogP contribution is 2.18. The van der Waals surface area contributed by atoms with Gasteiger partial charge in [0.05, 0.1) is 5.69 Å². The van der Waals surface area contributed by atoms with Crippen molar-refractivity contribution < 1.29 is 9.32 Å². The largest absolute Gasteiger partial charge is 0.363 e. The molecule has 2 N–H and O–H groups in total. The van der Waals surface area contributed by atoms with Crippen LogP contribution in [0.5, 0.6) is 0 Å². The predicted molar refractivity (Wildman–Crippen MR) is 94.4 cm³/mol. The Morgan fingerprint density at radius 3 is 2.69 bits per heavy atom. The molecule has 0 aliphatic heterocycles. The molecular formula is C17H20N6O3. The van der Waals surface area contributed by atoms with Crippen LogP contribution in [0.1, 0.15) is 34.6 Å². The zero-order valence-corrected chi connectivity index (χ0v) is 15.1. The fraction of sp³-hybridized carbons (Fsp3) is 0.353. The lowest BCUT2D eigenvalue weighted by Crippen LogP contribution is -2.18. The fourth-order valence-corrected chi connectivity index (χ4v) is 2.69. The summed E-state index contributed by atoms with van der Waals surface area (Å²) in [6, 6.07) is 1.58. The Labute approximate surface area is 149 Å². The van der Waals surface area contributed by atoms with Crippen molar-refractivity contribution in [1.29, 1.82) is 0 Å². The molecule has 0 aliphatic carbocycles. The molecule has 0 aromatic carbocycles. The van der Waals surface area contributed by atoms with Gasteiger partial charge in [-0.25, -0.2) is 9.67 Å². The summed E-state index contributed by atoms with van der Waals surface area (Å²) in [5, 5.41) is 10.8. The average molecular weight is 356 g/mol. The molecule has 9 nitrogen and oxygen atoms in total. The molecule has 9 heteroatoms. The predicted octanol–water partition coefficient (Wildman–Crippen LogP) is 1.75. The molecule has 0 fully saturated rings. The maximum atomic E-state index is 12.0. The molecule has 3 aromatic rings. The molecule has 3 aromatic heterocycles. The van der Waals surface area contributed by atoms with Gasteiger partial charge in [-0.05, 0) is 39.7 Å². The van der Waals surface area contributed by atoms with Gasteiger partial charge in [-0.15, -0.1) is 0 Å². The molecule has 0 saturated heterocycles. The van der Waals surface area contributed by atoms with Crippen molar-refractivity contribution in [2.75, 3.05) is 5.32 Å². The van der Waals surface area contributed by atoms with Gasteiger partial charge in [-0.2, -0.15) is 5.10 Å². The van der Waals surface area contributed by atoms with Crippen LogP contribution in [0.15, 0.2) is 21.6 Å². The van der Waals surface area contributed by atoms with Crippen molar-refractivity contribution in [2.24, 2.45) is 0 Å². The van der Waals surface area contributed by atoms with Gasteiger partial charge in [-0.3, -0.25) is 14.6 Å². The molecule has 26 heavy (non-hydrogen) atoms. The van der Waals surface area contributed by atoms with Crippen molar-refractivity contribution in [1.82, 2.24) is 24.9 Å². The number of aromatic nitrogens is 5. The normalized spacial score (nSPS) is 10.9. The van der Waals surface area contributed by atoms with Gasteiger partial charge < -0.3 is 9.84 Å². The molecule has 0 atom stereocenters. The number of amides is 1. The van der Waals surface area contributed by atoms with Crippen LogP contribution < -0.4 is 10.9 Å². The van der Waals surface area contributed by atoms with Crippen LogP contribution in [-0.2, 0) is 11.2 Å². The minimum Gasteiger partial charge on any atom is -0.363 e. The monoisotopic (exact) mass is 356 g/mol. The number of carbonyl (C=O) groups is 1. The van der Waals surface area contributed by atoms with E-state index in [2.05, 4.69) is 30.1 Å². The lowest BCUT2D eigenvalue weighted by atomic mass is 10.1. The van der Waals surface area contributed by atoms with Crippen molar-refractivity contribution in [3.63, 3.8) is 0 Å². The van der Waals surface area contributed by atoms with E-state index in [0.717, 1.165) is 17.0 Å². The number of anilines is 1. The Balaban J connectivity index is 1.80. The number of H-pyrrole nitrogens is 1. The SMILES string of the molecule is Cc1nn(-c2nc(C)c(C)c(=O)[nH]2)c(C)c1CCC(=O)Nc1ccon1. The van der Waals surface area contributed by atoms with Crippen LogP contribution in [0.2, 0.25) is 0 Å². The number of nitrogens with one attached hydrogen (secondary N) is 2. The van der Waals surface area contributed by atoms with E-state index in [1.807, 2.05) is 13.8 Å². The van der Waals surface area contributed by atoms with E-state index in [1.165, 1.54) is 6.26 Å². The number of carbonyl (C=O) groups excluding carboxylic acids is 1. The van der Waals surface area contributed by atoms with E-state index in [0.29, 0.717) is 29.4 Å². The second-order valence-electron chi connectivity index (χ2n) is 6.09. The number of rotatable bonds is 5. The van der Waals surface area contributed by atoms with Crippen LogP contribution in [0.25, 0.3) is 5.95 Å². The first-order valence-electron chi connectivity index (χ1n) is 8.20. The summed E-state index contributed by atoms with van der Waals surface area (Å²) in [4.78, 5) is 31.2. The molecule has 0 aliphatic rings. The van der Waals surface area contributed by atoms with Gasteiger partial charge in [0.2, 0.25) is 11.9 Å². The van der Waals surface area contributed by atoms with Gasteiger partial charge in [0.25, 0.3) is 5.56 Å². The summed E-state index contributed by atoms with van der Waals surface area (Å²) in [5.74, 6) is 0.594. The first-order valence-corrected chi connectivity index (χ1v) is 8.20. The van der Waals surface area contributed by atoms with Gasteiger partial charge in [0.15, 0.2) is 5.82 Å². The Kier molecular flexibility index (Phi) is 4.70. The van der Waals surface area contributed by atoms with Crippen molar-refractivity contribution >= 4 is 11.7 Å². The molecule has 136 valence electrons. The zero-order chi connectivity index (χ0) is 18.8. The average Bonchev–Trinajstić information content (AvgIpc) is 3.19. The van der Waals surface area contributed by atoms with Gasteiger partial charge >= 0.3 is 0 Å². The number of nitrogens with zero attached hydrogens (tertiary/aromatic N) is 4. The van der Waals surface area contributed by atoms with E-state index in [4.69, 9.17) is 0 Å². The van der Waals surface area contributed by atoms with Crippen LogP contribution in [-0.4, -0.2) is 30.8 Å². The summed E-state index contributed by atoms with van der Waals surface area (Å²) in [6.45, 7) is 7.27. The topological polar surface area (TPSA) is 119 Å². The molecule has 0 unspecified atom stereocenters. The summed E-state index contributed by atoms with van der Waals surface area (Å²) < 4.78 is 6.29. The van der Waals surface area contributed by atoms with Crippen LogP contribution in [0.4, 0.5) is 5.82 Å². The highest BCUT2D eigenvalue weighted by molar-refractivity contribution is 5.89. The Morgan fingerprint density at radius 2 is 2.04 bits per heavy atom. The number of hydrogen-bond acceptors (Lipinski definition) is 6. The van der Waals surface area contributed by atoms with E-state index >= 15 is 0 Å². The summed E-state index contributed by atoms with van der Waals surface area (Å²) in [7, 11) is 0. The third-order valence-electron chi connectivity index (χ3n) is 4.33. The second kappa shape index (κ2) is 6.95. The molecule has 1 amide bonds. The second-order valence-corrected chi connectivity index (χ2v) is 6.09. The van der Waals surface area contributed by atoms with Gasteiger partial charge in [0, 0.05) is 29.4 Å². The lowest BCUT2D eigenvalue weighted by molar-refractivity contribution is -0.116. The molecule has 0 saturated carbocycles. The lowest BCUT2D eigenvalue weighted by Gasteiger charge is -2.07. The number of aromatic amines is 1. The molecule has 3 rings (SSSR count). The number of aryl methyl sites for hydroxylation is 2. The van der Waals surface area contributed by atoms with E-state index in [-0.39, 0.29) is 17.9 Å². The maximum Gasteiger partial charge on any atom is 0.255 e. The molecular weight excluding hydrogens is 336 g/mol. The van der Waals surface area contributed by atoms with Crippen molar-refractivity contribution in [3.05, 3.63) is 50.9 Å². The zero-order valence-electron chi connectivity index (χ0n) is 15.1. The quantitative estimate of drug-likeness (QED) is 0.719. The van der Waals surface area contributed by atoms with Gasteiger partial charge in [0.1, 0.15) is 6.26 Å². The standard InChI is InChI=1S/C17H20N6O3/c1-9-10(2)18-17(20-16(9)25)23-12(4)13(11(3)21-23)5-6-15(24)19-14-7-8-26-22-14/h7-8H,5-6H2,1-4H3,(H,18,20,25)(H,19,22,24). The third kappa shape index (κ3) is 3.41. The smallest absolute Gasteiger partial charge is 0.255 e. The minimum absolute atomic E-state index is 0.164. The molecule has 0 bridgehead atoms. The Hall–Kier alpha value is -3.23. The molecule has 0 radical (unpaired) electrons. The highest BCUT2D eigenvalue weighted by atomic mass is 16.5. The summed E-state index contributed by atoms with van der Waals surface area (Å²) in [5.41, 5.74) is 3.63. The minimum atomic E-state index is -0.186. The van der Waals surface area contributed by atoms with E-state index < -0.39 is 0 Å². The maximum absolute atomic E-state index is 12.0. The third-order valence-corrected chi connectivity index (χ3v) is 4.33. The molecule has 3 heterocycles. The highest BCUT2D eigenvalue weighted by Gasteiger charge is 2.16. The van der Waals surface area contributed by atoms with E-state index in [1.54, 1.807) is 24.6 Å². The summed E-state index contributed by atoms with van der Waals surface area (Å²) in [6.07, 6.45) is 2.18. The first kappa shape index (κ1) is 17.6. The fourth-order valence-electron chi connectivity index (χ4n) is 2.69. The Bertz CT molecular complexity index is 1000. The van der Waals surface area contributed by atoms with Gasteiger partial charge in [-0.1, -0.05) is 5.16 Å². The summed E-state index contributed by atoms with van der Waals surface area (Å²) >= 11 is 0. The van der Waals surface area contributed by atoms with Crippen molar-refractivity contribution in [3.8, 4) is 5.95 Å². The van der Waals surface area contributed by atoms with Crippen molar-refractivity contribution in [2.45, 2.75) is 40.5 Å². The van der Waals surface area contributed by atoms with Crippen LogP contribution in [0.3, 0.4) is 0 Å². The van der Waals surface area contributed by atoms with E-state index in [9.17, 15) is 9.59 Å². The van der Waals surface area contributed by atoms with Crippen LogP contribution >= 0.6 is 0 Å². The first-order chi connectivity index (χ1) is 12.4. The number of hydrogen-bond donors (Lipinski definition) is 2. The Morgan fingerprint density at radius 1 is 1.27 bits per heavy atom.